The van der Waals surface area contributed by atoms with Gasteiger partial charge in [-0.3, -0.25) is 4.79 Å². The van der Waals surface area contributed by atoms with Crippen LogP contribution in [0.1, 0.15) is 53.8 Å². The Morgan fingerprint density at radius 2 is 1.79 bits per heavy atom. The molecule has 1 saturated carbocycles. The first-order valence-corrected chi connectivity index (χ1v) is 11.9. The van der Waals surface area contributed by atoms with E-state index in [1.54, 1.807) is 18.2 Å². The van der Waals surface area contributed by atoms with Crippen LogP contribution in [0.4, 0.5) is 0 Å². The lowest BCUT2D eigenvalue weighted by atomic mass is 9.85. The van der Waals surface area contributed by atoms with Crippen molar-refractivity contribution in [1.82, 2.24) is 0 Å². The zero-order valence-electron chi connectivity index (χ0n) is 15.1. The van der Waals surface area contributed by atoms with Gasteiger partial charge in [0.05, 0.1) is 12.7 Å². The van der Waals surface area contributed by atoms with Crippen molar-refractivity contribution in [2.75, 3.05) is 0 Å². The van der Waals surface area contributed by atoms with Gasteiger partial charge in [-0.15, -0.1) is 0 Å². The number of carbonyl (C=O) groups excluding carboxylic acids is 1. The number of fused-ring (bicyclic) bond motifs is 1. The number of phenols is 1. The van der Waals surface area contributed by atoms with E-state index in [0.717, 1.165) is 17.6 Å². The summed E-state index contributed by atoms with van der Waals surface area (Å²) in [7, 11) is 0. The maximum atomic E-state index is 13.5. The van der Waals surface area contributed by atoms with Crippen molar-refractivity contribution >= 4 is 73.5 Å². The molecule has 0 atom stereocenters. The Morgan fingerprint density at radius 3 is 2.46 bits per heavy atom. The number of aromatic hydroxyl groups is 1. The van der Waals surface area contributed by atoms with E-state index in [2.05, 4.69) is 45.2 Å². The quantitative estimate of drug-likeness (QED) is 0.245. The maximum absolute atomic E-state index is 13.5. The highest BCUT2D eigenvalue weighted by Crippen LogP contribution is 2.36. The normalized spacial score (nSPS) is 15.2. The first-order chi connectivity index (χ1) is 13.4. The molecule has 0 aliphatic heterocycles. The molecule has 0 spiro atoms. The average molecular weight is 621 g/mol. The molecule has 0 radical (unpaired) electrons. The van der Waals surface area contributed by atoms with Crippen LogP contribution < -0.4 is 0 Å². The van der Waals surface area contributed by atoms with Crippen LogP contribution in [-0.2, 0) is 6.42 Å². The molecular formula is C22H19ClI2O3. The van der Waals surface area contributed by atoms with Crippen LogP contribution >= 0.6 is 56.8 Å². The van der Waals surface area contributed by atoms with Crippen LogP contribution in [-0.4, -0.2) is 10.9 Å². The smallest absolute Gasteiger partial charge is 0.197 e. The lowest BCUT2D eigenvalue weighted by Gasteiger charge is -2.20. The topological polar surface area (TPSA) is 50.4 Å². The number of ketones is 1. The van der Waals surface area contributed by atoms with Gasteiger partial charge in [0.2, 0.25) is 0 Å². The first-order valence-electron chi connectivity index (χ1n) is 9.37. The second kappa shape index (κ2) is 8.52. The van der Waals surface area contributed by atoms with E-state index in [9.17, 15) is 9.90 Å². The van der Waals surface area contributed by atoms with Gasteiger partial charge < -0.3 is 9.52 Å². The maximum Gasteiger partial charge on any atom is 0.197 e. The summed E-state index contributed by atoms with van der Waals surface area (Å²) in [5.41, 5.74) is 1.86. The molecule has 146 valence electrons. The summed E-state index contributed by atoms with van der Waals surface area (Å²) in [6.45, 7) is 0. The van der Waals surface area contributed by atoms with Crippen molar-refractivity contribution in [1.29, 1.82) is 0 Å². The van der Waals surface area contributed by atoms with E-state index >= 15 is 0 Å². The van der Waals surface area contributed by atoms with Gasteiger partial charge in [0, 0.05) is 22.4 Å². The molecule has 1 N–H and O–H groups in total. The van der Waals surface area contributed by atoms with Gasteiger partial charge in [-0.05, 0) is 81.4 Å². The van der Waals surface area contributed by atoms with E-state index < -0.39 is 0 Å². The summed E-state index contributed by atoms with van der Waals surface area (Å²) in [4.78, 5) is 13.5. The fourth-order valence-corrected chi connectivity index (χ4v) is 5.95. The highest BCUT2D eigenvalue weighted by atomic mass is 127. The van der Waals surface area contributed by atoms with Gasteiger partial charge in [0.15, 0.2) is 5.78 Å². The third-order valence-corrected chi connectivity index (χ3v) is 7.31. The van der Waals surface area contributed by atoms with E-state index in [1.807, 2.05) is 12.1 Å². The molecule has 3 nitrogen and oxygen atoms in total. The molecule has 1 fully saturated rings. The second-order valence-electron chi connectivity index (χ2n) is 7.37. The second-order valence-corrected chi connectivity index (χ2v) is 10.1. The summed E-state index contributed by atoms with van der Waals surface area (Å²) < 4.78 is 7.47. The Bertz CT molecular complexity index is 1030. The Balaban J connectivity index is 1.82. The van der Waals surface area contributed by atoms with Crippen molar-refractivity contribution in [3.8, 4) is 5.75 Å². The zero-order valence-corrected chi connectivity index (χ0v) is 20.2. The molecule has 6 heteroatoms. The number of benzene rings is 2. The number of carbonyl (C=O) groups is 1. The monoisotopic (exact) mass is 620 g/mol. The van der Waals surface area contributed by atoms with E-state index in [4.69, 9.17) is 16.0 Å². The van der Waals surface area contributed by atoms with Crippen molar-refractivity contribution < 1.29 is 14.3 Å². The number of furan rings is 1. The Kier molecular flexibility index (Phi) is 6.23. The summed E-state index contributed by atoms with van der Waals surface area (Å²) in [6.07, 6.45) is 6.92. The van der Waals surface area contributed by atoms with Gasteiger partial charge >= 0.3 is 0 Å². The predicted molar refractivity (Wildman–Crippen MR) is 128 cm³/mol. The van der Waals surface area contributed by atoms with Crippen molar-refractivity contribution in [3.05, 3.63) is 59.4 Å². The van der Waals surface area contributed by atoms with Gasteiger partial charge in [-0.1, -0.05) is 43.7 Å². The number of rotatable bonds is 4. The summed E-state index contributed by atoms with van der Waals surface area (Å²) in [6, 6.07) is 8.90. The number of phenolic OH excluding ortho intramolecular Hbond substituents is 1. The molecule has 28 heavy (non-hydrogen) atoms. The third-order valence-electron chi connectivity index (χ3n) is 5.43. The minimum Gasteiger partial charge on any atom is -0.506 e. The van der Waals surface area contributed by atoms with Crippen LogP contribution in [0.5, 0.6) is 5.75 Å². The highest BCUT2D eigenvalue weighted by Gasteiger charge is 2.26. The molecule has 0 bridgehead atoms. The molecule has 2 aromatic carbocycles. The molecule has 3 aromatic rings. The molecule has 1 aliphatic carbocycles. The largest absolute Gasteiger partial charge is 0.506 e. The van der Waals surface area contributed by atoms with Crippen LogP contribution in [0.15, 0.2) is 34.7 Å². The SMILES string of the molecule is O=C(c1cc(I)c(O)c(I)c1)c1c(CC2CCCCC2)oc2ccc(Cl)cc12. The third kappa shape index (κ3) is 4.07. The molecule has 4 rings (SSSR count). The Hall–Kier alpha value is -0.800. The number of halogens is 3. The van der Waals surface area contributed by atoms with Crippen LogP contribution in [0.3, 0.4) is 0 Å². The Labute approximate surface area is 196 Å². The zero-order chi connectivity index (χ0) is 19.8. The molecule has 1 aromatic heterocycles. The fourth-order valence-electron chi connectivity index (χ4n) is 4.01. The van der Waals surface area contributed by atoms with Crippen LogP contribution in [0.25, 0.3) is 11.0 Å². The lowest BCUT2D eigenvalue weighted by molar-refractivity contribution is 0.103. The van der Waals surface area contributed by atoms with E-state index in [-0.39, 0.29) is 11.5 Å². The van der Waals surface area contributed by atoms with Crippen LogP contribution in [0, 0.1) is 13.1 Å². The van der Waals surface area contributed by atoms with Crippen LogP contribution in [0.2, 0.25) is 5.02 Å². The molecule has 0 unspecified atom stereocenters. The molecule has 1 aliphatic rings. The van der Waals surface area contributed by atoms with Crippen molar-refractivity contribution in [2.45, 2.75) is 38.5 Å². The molecular weight excluding hydrogens is 602 g/mol. The molecule has 1 heterocycles. The summed E-state index contributed by atoms with van der Waals surface area (Å²) in [5, 5.41) is 11.4. The van der Waals surface area contributed by atoms with E-state index in [1.165, 1.54) is 32.1 Å². The van der Waals surface area contributed by atoms with Crippen molar-refractivity contribution in [3.63, 3.8) is 0 Å². The molecule has 0 amide bonds. The van der Waals surface area contributed by atoms with Gasteiger partial charge in [-0.2, -0.15) is 0 Å². The minimum atomic E-state index is -0.0809. The van der Waals surface area contributed by atoms with Gasteiger partial charge in [0.25, 0.3) is 0 Å². The van der Waals surface area contributed by atoms with Gasteiger partial charge in [0.1, 0.15) is 17.1 Å². The van der Waals surface area contributed by atoms with Gasteiger partial charge in [-0.25, -0.2) is 0 Å². The summed E-state index contributed by atoms with van der Waals surface area (Å²) >= 11 is 10.3. The standard InChI is InChI=1S/C22H19ClI2O3/c23-14-6-7-18-15(11-14)20(19(28-18)8-12-4-2-1-3-5-12)21(26)13-9-16(24)22(27)17(25)10-13/h6-7,9-12,27H,1-5,8H2. The number of hydrogen-bond donors (Lipinski definition) is 1. The minimum absolute atomic E-state index is 0.0809. The summed E-state index contributed by atoms with van der Waals surface area (Å²) in [5.74, 6) is 1.44. The van der Waals surface area contributed by atoms with E-state index in [0.29, 0.717) is 34.8 Å². The van der Waals surface area contributed by atoms with Crippen molar-refractivity contribution in [2.24, 2.45) is 5.92 Å². The predicted octanol–water partition coefficient (Wildman–Crippen LogP) is 7.35. The number of hydrogen-bond acceptors (Lipinski definition) is 3. The first kappa shape index (κ1) is 20.5. The fraction of sp³-hybridized carbons (Fsp3) is 0.318. The average Bonchev–Trinajstić information content (AvgIpc) is 3.02. The molecule has 0 saturated heterocycles. The highest BCUT2D eigenvalue weighted by molar-refractivity contribution is 14.1. The Morgan fingerprint density at radius 1 is 1.11 bits per heavy atom. The lowest BCUT2D eigenvalue weighted by Crippen LogP contribution is -2.12.